The lowest BCUT2D eigenvalue weighted by Gasteiger charge is -2.11. The van der Waals surface area contributed by atoms with E-state index in [0.717, 1.165) is 3.57 Å². The smallest absolute Gasteiger partial charge is 0.304 e. The Morgan fingerprint density at radius 2 is 1.93 bits per heavy atom. The molecule has 0 aromatic heterocycles. The molecule has 1 nitrogen and oxygen atoms in total. The summed E-state index contributed by atoms with van der Waals surface area (Å²) in [5.41, 5.74) is 0. The zero-order valence-electron chi connectivity index (χ0n) is 6.68. The standard InChI is InChI=1S/C8H5BrF3IO/c9-5-2-1-4(13)3-6(5)14-8(12)7(10)11/h1-3,7-8H. The van der Waals surface area contributed by atoms with E-state index in [1.807, 2.05) is 22.6 Å². The third-order valence-corrected chi connectivity index (χ3v) is 2.66. The molecule has 0 saturated heterocycles. The number of rotatable bonds is 3. The molecule has 0 N–H and O–H groups in total. The van der Waals surface area contributed by atoms with Crippen molar-refractivity contribution >= 4 is 38.5 Å². The van der Waals surface area contributed by atoms with Crippen LogP contribution < -0.4 is 4.74 Å². The van der Waals surface area contributed by atoms with Crippen molar-refractivity contribution in [3.05, 3.63) is 26.2 Å². The molecule has 6 heteroatoms. The molecule has 1 aromatic rings. The maximum atomic E-state index is 12.5. The Kier molecular flexibility index (Phi) is 4.49. The normalized spacial score (nSPS) is 13.0. The van der Waals surface area contributed by atoms with Gasteiger partial charge >= 0.3 is 6.43 Å². The first-order valence-electron chi connectivity index (χ1n) is 3.54. The first-order chi connectivity index (χ1) is 6.50. The van der Waals surface area contributed by atoms with Crippen LogP contribution in [0.4, 0.5) is 13.2 Å². The van der Waals surface area contributed by atoms with E-state index in [-0.39, 0.29) is 5.75 Å². The summed E-state index contributed by atoms with van der Waals surface area (Å²) in [5, 5.41) is 0. The lowest BCUT2D eigenvalue weighted by molar-refractivity contribution is -0.0672. The van der Waals surface area contributed by atoms with Gasteiger partial charge < -0.3 is 4.74 Å². The molecular formula is C8H5BrF3IO. The zero-order chi connectivity index (χ0) is 10.7. The maximum Gasteiger partial charge on any atom is 0.304 e. The van der Waals surface area contributed by atoms with E-state index < -0.39 is 12.8 Å². The van der Waals surface area contributed by atoms with Gasteiger partial charge in [-0.1, -0.05) is 0 Å². The molecule has 0 aliphatic rings. The van der Waals surface area contributed by atoms with Gasteiger partial charge in [0.25, 0.3) is 6.36 Å². The van der Waals surface area contributed by atoms with Gasteiger partial charge in [-0.05, 0) is 56.7 Å². The van der Waals surface area contributed by atoms with Crippen LogP contribution in [0.2, 0.25) is 0 Å². The van der Waals surface area contributed by atoms with Crippen LogP contribution in [0.5, 0.6) is 5.75 Å². The van der Waals surface area contributed by atoms with Crippen LogP contribution in [0, 0.1) is 3.57 Å². The van der Waals surface area contributed by atoms with E-state index in [2.05, 4.69) is 20.7 Å². The molecule has 1 unspecified atom stereocenters. The molecule has 0 radical (unpaired) electrons. The van der Waals surface area contributed by atoms with Crippen LogP contribution in [-0.4, -0.2) is 12.8 Å². The van der Waals surface area contributed by atoms with Gasteiger partial charge in [0.1, 0.15) is 5.75 Å². The van der Waals surface area contributed by atoms with Gasteiger partial charge in [0, 0.05) is 3.57 Å². The van der Waals surface area contributed by atoms with Gasteiger partial charge in [-0.25, -0.2) is 8.78 Å². The lowest BCUT2D eigenvalue weighted by atomic mass is 10.3. The summed E-state index contributed by atoms with van der Waals surface area (Å²) in [6, 6.07) is 4.82. The Bertz CT molecular complexity index is 321. The molecule has 0 spiro atoms. The quantitative estimate of drug-likeness (QED) is 0.720. The third kappa shape index (κ3) is 3.30. The minimum Gasteiger partial charge on any atom is -0.453 e. The molecule has 1 rings (SSSR count). The largest absolute Gasteiger partial charge is 0.453 e. The summed E-state index contributed by atoms with van der Waals surface area (Å²) in [4.78, 5) is 0. The molecule has 0 aliphatic heterocycles. The summed E-state index contributed by atoms with van der Waals surface area (Å²) in [7, 11) is 0. The summed E-state index contributed by atoms with van der Waals surface area (Å²) in [6.45, 7) is 0. The van der Waals surface area contributed by atoms with Crippen molar-refractivity contribution in [2.75, 3.05) is 0 Å². The van der Waals surface area contributed by atoms with Crippen molar-refractivity contribution in [2.45, 2.75) is 12.8 Å². The Balaban J connectivity index is 2.80. The fourth-order valence-corrected chi connectivity index (χ4v) is 1.54. The fraction of sp³-hybridized carbons (Fsp3) is 0.250. The molecule has 0 aliphatic carbocycles. The maximum absolute atomic E-state index is 12.5. The SMILES string of the molecule is FC(F)C(F)Oc1cc(I)ccc1Br. The van der Waals surface area contributed by atoms with Crippen LogP contribution in [0.25, 0.3) is 0 Å². The number of alkyl halides is 3. The van der Waals surface area contributed by atoms with Crippen LogP contribution in [-0.2, 0) is 0 Å². The van der Waals surface area contributed by atoms with E-state index in [0.29, 0.717) is 4.47 Å². The van der Waals surface area contributed by atoms with Gasteiger partial charge in [-0.2, -0.15) is 4.39 Å². The van der Waals surface area contributed by atoms with Gasteiger partial charge in [0.2, 0.25) is 0 Å². The number of hydrogen-bond acceptors (Lipinski definition) is 1. The van der Waals surface area contributed by atoms with E-state index in [4.69, 9.17) is 0 Å². The molecular weight excluding hydrogens is 376 g/mol. The van der Waals surface area contributed by atoms with Crippen LogP contribution in [0.3, 0.4) is 0 Å². The molecule has 0 bridgehead atoms. The molecule has 0 saturated carbocycles. The third-order valence-electron chi connectivity index (χ3n) is 1.33. The second kappa shape index (κ2) is 5.20. The zero-order valence-corrected chi connectivity index (χ0v) is 10.4. The van der Waals surface area contributed by atoms with Gasteiger partial charge in [0.15, 0.2) is 0 Å². The number of halogens is 5. The highest BCUT2D eigenvalue weighted by molar-refractivity contribution is 14.1. The Morgan fingerprint density at radius 3 is 2.50 bits per heavy atom. The predicted molar refractivity (Wildman–Crippen MR) is 58.4 cm³/mol. The summed E-state index contributed by atoms with van der Waals surface area (Å²) in [5.74, 6) is 0.0738. The number of benzene rings is 1. The van der Waals surface area contributed by atoms with Crippen molar-refractivity contribution in [1.82, 2.24) is 0 Å². The van der Waals surface area contributed by atoms with Gasteiger partial charge in [-0.15, -0.1) is 0 Å². The lowest BCUT2D eigenvalue weighted by Crippen LogP contribution is -2.19. The Morgan fingerprint density at radius 1 is 1.29 bits per heavy atom. The van der Waals surface area contributed by atoms with Crippen molar-refractivity contribution < 1.29 is 17.9 Å². The topological polar surface area (TPSA) is 9.23 Å². The van der Waals surface area contributed by atoms with Gasteiger partial charge in [-0.3, -0.25) is 0 Å². The minimum absolute atomic E-state index is 0.0738. The highest BCUT2D eigenvalue weighted by atomic mass is 127. The molecule has 0 amide bonds. The molecule has 1 atom stereocenters. The minimum atomic E-state index is -3.14. The second-order valence-corrected chi connectivity index (χ2v) is 4.48. The average Bonchev–Trinajstić information content (AvgIpc) is 2.11. The number of ether oxygens (including phenoxy) is 1. The van der Waals surface area contributed by atoms with Crippen molar-refractivity contribution in [2.24, 2.45) is 0 Å². The van der Waals surface area contributed by atoms with Gasteiger partial charge in [0.05, 0.1) is 4.47 Å². The molecule has 1 aromatic carbocycles. The summed E-state index contributed by atoms with van der Waals surface area (Å²) < 4.78 is 41.8. The summed E-state index contributed by atoms with van der Waals surface area (Å²) >= 11 is 5.04. The molecule has 78 valence electrons. The molecule has 0 fully saturated rings. The van der Waals surface area contributed by atoms with E-state index >= 15 is 0 Å². The first kappa shape index (κ1) is 12.1. The van der Waals surface area contributed by atoms with E-state index in [1.165, 1.54) is 6.07 Å². The fourth-order valence-electron chi connectivity index (χ4n) is 0.740. The van der Waals surface area contributed by atoms with Crippen LogP contribution >= 0.6 is 38.5 Å². The second-order valence-electron chi connectivity index (χ2n) is 2.38. The van der Waals surface area contributed by atoms with Crippen molar-refractivity contribution in [1.29, 1.82) is 0 Å². The van der Waals surface area contributed by atoms with E-state index in [1.54, 1.807) is 12.1 Å². The predicted octanol–water partition coefficient (Wildman–Crippen LogP) is 3.99. The Hall–Kier alpha value is 0.0200. The average molecular weight is 381 g/mol. The molecule has 14 heavy (non-hydrogen) atoms. The number of hydrogen-bond donors (Lipinski definition) is 0. The first-order valence-corrected chi connectivity index (χ1v) is 5.42. The van der Waals surface area contributed by atoms with Crippen LogP contribution in [0.15, 0.2) is 22.7 Å². The molecule has 0 heterocycles. The monoisotopic (exact) mass is 380 g/mol. The van der Waals surface area contributed by atoms with Crippen molar-refractivity contribution in [3.63, 3.8) is 0 Å². The highest BCUT2D eigenvalue weighted by Gasteiger charge is 2.21. The van der Waals surface area contributed by atoms with Crippen molar-refractivity contribution in [3.8, 4) is 5.75 Å². The Labute approximate surface area is 101 Å². The highest BCUT2D eigenvalue weighted by Crippen LogP contribution is 2.28. The van der Waals surface area contributed by atoms with E-state index in [9.17, 15) is 13.2 Å². The van der Waals surface area contributed by atoms with Crippen LogP contribution in [0.1, 0.15) is 0 Å². The summed E-state index contributed by atoms with van der Waals surface area (Å²) in [6.07, 6.45) is -5.73.